The van der Waals surface area contributed by atoms with E-state index in [1.807, 2.05) is 56.3 Å². The third-order valence-electron chi connectivity index (χ3n) is 4.59. The highest BCUT2D eigenvalue weighted by Gasteiger charge is 2.16. The predicted molar refractivity (Wildman–Crippen MR) is 106 cm³/mol. The number of aryl methyl sites for hydroxylation is 2. The second-order valence-electron chi connectivity index (χ2n) is 6.46. The zero-order valence-corrected chi connectivity index (χ0v) is 15.1. The molecule has 0 atom stereocenters. The van der Waals surface area contributed by atoms with Crippen LogP contribution in [0.1, 0.15) is 18.2 Å². The van der Waals surface area contributed by atoms with E-state index in [-0.39, 0.29) is 5.95 Å². The second kappa shape index (κ2) is 6.28. The van der Waals surface area contributed by atoms with E-state index in [4.69, 9.17) is 11.5 Å². The van der Waals surface area contributed by atoms with Gasteiger partial charge in [-0.2, -0.15) is 9.71 Å². The van der Waals surface area contributed by atoms with Gasteiger partial charge in [-0.05, 0) is 31.0 Å². The van der Waals surface area contributed by atoms with E-state index in [0.717, 1.165) is 32.7 Å². The van der Waals surface area contributed by atoms with Crippen molar-refractivity contribution in [1.82, 2.24) is 19.7 Å². The van der Waals surface area contributed by atoms with Crippen LogP contribution in [0, 0.1) is 6.92 Å². The minimum atomic E-state index is 0.156. The number of aromatic nitrogens is 4. The number of hydrogen-bond donors (Lipinski definition) is 3. The van der Waals surface area contributed by atoms with Gasteiger partial charge in [0.2, 0.25) is 5.95 Å². The molecule has 4 rings (SSSR count). The van der Waals surface area contributed by atoms with Gasteiger partial charge >= 0.3 is 0 Å². The van der Waals surface area contributed by atoms with Gasteiger partial charge in [-0.25, -0.2) is 9.97 Å². The lowest BCUT2D eigenvalue weighted by molar-refractivity contribution is 0.203. The summed E-state index contributed by atoms with van der Waals surface area (Å²) in [5, 5.41) is 10.7. The highest BCUT2D eigenvalue weighted by molar-refractivity contribution is 5.88. The molecular formula is C20H20N6O. The number of nitrogen functional groups attached to an aromatic ring is 2. The molecule has 0 aliphatic rings. The molecule has 0 aliphatic carbocycles. The fourth-order valence-electron chi connectivity index (χ4n) is 3.22. The van der Waals surface area contributed by atoms with Crippen molar-refractivity contribution >= 4 is 22.8 Å². The first-order chi connectivity index (χ1) is 13.0. The van der Waals surface area contributed by atoms with Gasteiger partial charge in [0.05, 0.1) is 11.2 Å². The number of anilines is 2. The lowest BCUT2D eigenvalue weighted by Gasteiger charge is -2.11. The van der Waals surface area contributed by atoms with Gasteiger partial charge in [-0.15, -0.1) is 0 Å². The van der Waals surface area contributed by atoms with Crippen LogP contribution in [-0.4, -0.2) is 24.9 Å². The zero-order chi connectivity index (χ0) is 19.1. The Morgan fingerprint density at radius 2 is 1.67 bits per heavy atom. The van der Waals surface area contributed by atoms with Crippen molar-refractivity contribution in [2.24, 2.45) is 0 Å². The molecule has 0 spiro atoms. The van der Waals surface area contributed by atoms with E-state index in [0.29, 0.717) is 29.1 Å². The summed E-state index contributed by atoms with van der Waals surface area (Å²) in [6, 6.07) is 13.4. The first-order valence-electron chi connectivity index (χ1n) is 8.69. The van der Waals surface area contributed by atoms with Crippen molar-refractivity contribution in [3.8, 4) is 22.5 Å². The Morgan fingerprint density at radius 1 is 0.963 bits per heavy atom. The number of nitrogens with two attached hydrogens (primary N) is 2. The van der Waals surface area contributed by atoms with Gasteiger partial charge in [-0.3, -0.25) is 0 Å². The summed E-state index contributed by atoms with van der Waals surface area (Å²) in [7, 11) is 0. The Labute approximate surface area is 156 Å². The lowest BCUT2D eigenvalue weighted by Crippen LogP contribution is -2.06. The van der Waals surface area contributed by atoms with Crippen LogP contribution in [0.4, 0.5) is 11.8 Å². The fourth-order valence-corrected chi connectivity index (χ4v) is 3.22. The summed E-state index contributed by atoms with van der Waals surface area (Å²) < 4.78 is 1.10. The molecule has 0 radical (unpaired) electrons. The minimum Gasteiger partial charge on any atom is -0.426 e. The molecule has 0 bridgehead atoms. The fraction of sp³-hybridized carbons (Fsp3) is 0.150. The van der Waals surface area contributed by atoms with Crippen molar-refractivity contribution in [2.75, 3.05) is 11.5 Å². The summed E-state index contributed by atoms with van der Waals surface area (Å²) >= 11 is 0. The molecule has 136 valence electrons. The third kappa shape index (κ3) is 2.83. The summed E-state index contributed by atoms with van der Waals surface area (Å²) in [6.07, 6.45) is 0.664. The molecule has 0 amide bonds. The Morgan fingerprint density at radius 3 is 2.37 bits per heavy atom. The monoisotopic (exact) mass is 360 g/mol. The van der Waals surface area contributed by atoms with E-state index in [1.165, 1.54) is 0 Å². The van der Waals surface area contributed by atoms with E-state index in [2.05, 4.69) is 15.0 Å². The molecule has 2 heterocycles. The maximum absolute atomic E-state index is 10.7. The van der Waals surface area contributed by atoms with Crippen molar-refractivity contribution in [3.05, 3.63) is 53.7 Å². The molecule has 2 aromatic heterocycles. The molecular weight excluding hydrogens is 340 g/mol. The van der Waals surface area contributed by atoms with Crippen LogP contribution >= 0.6 is 0 Å². The quantitative estimate of drug-likeness (QED) is 0.482. The van der Waals surface area contributed by atoms with Gasteiger partial charge in [-0.1, -0.05) is 42.8 Å². The Kier molecular flexibility index (Phi) is 3.92. The summed E-state index contributed by atoms with van der Waals surface area (Å²) in [5.41, 5.74) is 17.4. The average molecular weight is 360 g/mol. The maximum atomic E-state index is 10.7. The van der Waals surface area contributed by atoms with Crippen molar-refractivity contribution in [1.29, 1.82) is 0 Å². The molecule has 27 heavy (non-hydrogen) atoms. The minimum absolute atomic E-state index is 0.156. The van der Waals surface area contributed by atoms with Gasteiger partial charge in [0.15, 0.2) is 5.82 Å². The molecule has 7 heteroatoms. The van der Waals surface area contributed by atoms with Crippen LogP contribution in [0.15, 0.2) is 42.5 Å². The van der Waals surface area contributed by atoms with E-state index in [9.17, 15) is 5.21 Å². The number of nitrogens with zero attached hydrogens (tertiary/aromatic N) is 4. The Bertz CT molecular complexity index is 1150. The predicted octanol–water partition coefficient (Wildman–Crippen LogP) is 3.43. The molecule has 0 aliphatic heterocycles. The van der Waals surface area contributed by atoms with Crippen LogP contribution in [0.5, 0.6) is 0 Å². The number of benzene rings is 2. The highest BCUT2D eigenvalue weighted by Crippen LogP contribution is 2.32. The van der Waals surface area contributed by atoms with E-state index in [1.54, 1.807) is 0 Å². The van der Waals surface area contributed by atoms with Gasteiger partial charge in [0.25, 0.3) is 0 Å². The normalized spacial score (nSPS) is 11.2. The number of imidazole rings is 1. The molecule has 0 fully saturated rings. The van der Waals surface area contributed by atoms with E-state index >= 15 is 0 Å². The molecule has 2 aromatic carbocycles. The highest BCUT2D eigenvalue weighted by atomic mass is 16.5. The van der Waals surface area contributed by atoms with Crippen molar-refractivity contribution < 1.29 is 5.21 Å². The van der Waals surface area contributed by atoms with Crippen LogP contribution in [0.25, 0.3) is 33.5 Å². The zero-order valence-electron chi connectivity index (χ0n) is 15.1. The smallest absolute Gasteiger partial charge is 0.222 e. The van der Waals surface area contributed by atoms with E-state index < -0.39 is 0 Å². The van der Waals surface area contributed by atoms with Gasteiger partial charge in [0.1, 0.15) is 11.3 Å². The number of rotatable bonds is 3. The largest absolute Gasteiger partial charge is 0.426 e. The molecule has 5 N–H and O–H groups in total. The van der Waals surface area contributed by atoms with Crippen LogP contribution in [0.2, 0.25) is 0 Å². The molecule has 0 unspecified atom stereocenters. The molecule has 0 saturated carbocycles. The lowest BCUT2D eigenvalue weighted by atomic mass is 10.0. The summed E-state index contributed by atoms with van der Waals surface area (Å²) in [5.74, 6) is 0.962. The van der Waals surface area contributed by atoms with Crippen LogP contribution in [-0.2, 0) is 6.42 Å². The van der Waals surface area contributed by atoms with Gasteiger partial charge < -0.3 is 16.7 Å². The third-order valence-corrected chi connectivity index (χ3v) is 4.59. The van der Waals surface area contributed by atoms with Gasteiger partial charge in [0, 0.05) is 11.1 Å². The first kappa shape index (κ1) is 16.8. The average Bonchev–Trinajstić information content (AvgIpc) is 2.98. The number of fused-ring (bicyclic) bond motifs is 1. The summed E-state index contributed by atoms with van der Waals surface area (Å²) in [6.45, 7) is 4.00. The van der Waals surface area contributed by atoms with Crippen molar-refractivity contribution in [2.45, 2.75) is 20.3 Å². The SMILES string of the molecule is CCc1nc(N)nc(N)c1-c1ccc2nc(-c3ccc(C)cc3)n(O)c2c1. The molecule has 0 saturated heterocycles. The Hall–Kier alpha value is -3.61. The van der Waals surface area contributed by atoms with Crippen molar-refractivity contribution in [3.63, 3.8) is 0 Å². The Balaban J connectivity index is 1.89. The molecule has 7 nitrogen and oxygen atoms in total. The first-order valence-corrected chi connectivity index (χ1v) is 8.69. The second-order valence-corrected chi connectivity index (χ2v) is 6.46. The molecule has 4 aromatic rings. The van der Waals surface area contributed by atoms with Crippen LogP contribution < -0.4 is 11.5 Å². The standard InChI is InChI=1S/C20H20N6O/c1-3-14-17(18(21)25-20(22)24-14)13-8-9-15-16(10-13)26(27)19(23-15)12-6-4-11(2)5-7-12/h4-10,27H,3H2,1-2H3,(H4,21,22,24,25). The maximum Gasteiger partial charge on any atom is 0.222 e. The topological polar surface area (TPSA) is 116 Å². The number of hydrogen-bond acceptors (Lipinski definition) is 6. The summed E-state index contributed by atoms with van der Waals surface area (Å²) in [4.78, 5) is 12.9. The van der Waals surface area contributed by atoms with Crippen LogP contribution in [0.3, 0.4) is 0 Å².